The molecule has 0 unspecified atom stereocenters. The number of rotatable bonds is 4. The first-order valence-corrected chi connectivity index (χ1v) is 5.31. The number of ether oxygens (including phenoxy) is 2. The average Bonchev–Trinajstić information content (AvgIpc) is 2.62. The molecule has 0 amide bonds. The zero-order valence-electron chi connectivity index (χ0n) is 8.95. The molecule has 2 heterocycles. The summed E-state index contributed by atoms with van der Waals surface area (Å²) in [6.45, 7) is 4.71. The standard InChI is InChI=1S/C9H11ClN4O2/c1-3-15-8-11-5-6(10)12-9(16-4-2)14-7(5)13-8/h3-4H2,1-2H3,(H,11,12,13,14). The molecule has 2 rings (SSSR count). The lowest BCUT2D eigenvalue weighted by Crippen LogP contribution is -1.97. The third-order valence-corrected chi connectivity index (χ3v) is 2.09. The van der Waals surface area contributed by atoms with Gasteiger partial charge < -0.3 is 14.5 Å². The first-order valence-electron chi connectivity index (χ1n) is 4.93. The highest BCUT2D eigenvalue weighted by Gasteiger charge is 2.12. The fourth-order valence-electron chi connectivity index (χ4n) is 1.22. The maximum atomic E-state index is 5.95. The van der Waals surface area contributed by atoms with Gasteiger partial charge in [0.05, 0.1) is 13.2 Å². The summed E-state index contributed by atoms with van der Waals surface area (Å²) in [4.78, 5) is 15.1. The number of imidazole rings is 1. The van der Waals surface area contributed by atoms with E-state index in [1.54, 1.807) is 0 Å². The number of H-pyrrole nitrogens is 1. The Balaban J connectivity index is 2.45. The van der Waals surface area contributed by atoms with Crippen LogP contribution in [-0.4, -0.2) is 33.1 Å². The fourth-order valence-corrected chi connectivity index (χ4v) is 1.43. The number of aromatic nitrogens is 4. The van der Waals surface area contributed by atoms with E-state index in [1.165, 1.54) is 0 Å². The molecule has 86 valence electrons. The lowest BCUT2D eigenvalue weighted by atomic mass is 10.6. The van der Waals surface area contributed by atoms with Gasteiger partial charge in [-0.1, -0.05) is 11.6 Å². The molecule has 0 aliphatic carbocycles. The van der Waals surface area contributed by atoms with Gasteiger partial charge in [0.25, 0.3) is 6.01 Å². The number of aromatic amines is 1. The Morgan fingerprint density at radius 2 is 1.88 bits per heavy atom. The van der Waals surface area contributed by atoms with Gasteiger partial charge >= 0.3 is 6.01 Å². The SMILES string of the molecule is CCOc1nc(Cl)c2[nH]c(OCC)nc2n1. The predicted octanol–water partition coefficient (Wildman–Crippen LogP) is 1.80. The van der Waals surface area contributed by atoms with Gasteiger partial charge in [-0.15, -0.1) is 0 Å². The highest BCUT2D eigenvalue weighted by Crippen LogP contribution is 2.23. The summed E-state index contributed by atoms with van der Waals surface area (Å²) in [5.74, 6) is 0. The van der Waals surface area contributed by atoms with Crippen molar-refractivity contribution < 1.29 is 9.47 Å². The minimum Gasteiger partial charge on any atom is -0.465 e. The summed E-state index contributed by atoms with van der Waals surface area (Å²) < 4.78 is 10.4. The van der Waals surface area contributed by atoms with Gasteiger partial charge in [0.2, 0.25) is 0 Å². The second-order valence-electron chi connectivity index (χ2n) is 2.90. The Bertz CT molecular complexity index is 499. The predicted molar refractivity (Wildman–Crippen MR) is 59.0 cm³/mol. The first kappa shape index (κ1) is 10.9. The van der Waals surface area contributed by atoms with Crippen LogP contribution in [0.15, 0.2) is 0 Å². The summed E-state index contributed by atoms with van der Waals surface area (Å²) in [6, 6.07) is 0.594. The number of nitrogens with zero attached hydrogens (tertiary/aromatic N) is 3. The maximum Gasteiger partial charge on any atom is 0.320 e. The molecule has 16 heavy (non-hydrogen) atoms. The van der Waals surface area contributed by atoms with Crippen molar-refractivity contribution >= 4 is 22.8 Å². The molecule has 2 aromatic rings. The van der Waals surface area contributed by atoms with Gasteiger partial charge in [0, 0.05) is 0 Å². The molecule has 0 spiro atoms. The van der Waals surface area contributed by atoms with E-state index in [0.29, 0.717) is 30.4 Å². The van der Waals surface area contributed by atoms with Crippen LogP contribution in [0.2, 0.25) is 5.15 Å². The maximum absolute atomic E-state index is 5.95. The summed E-state index contributed by atoms with van der Waals surface area (Å²) >= 11 is 5.95. The molecule has 0 aliphatic heterocycles. The van der Waals surface area contributed by atoms with Crippen molar-refractivity contribution in [3.8, 4) is 12.0 Å². The Kier molecular flexibility index (Phi) is 3.09. The second-order valence-corrected chi connectivity index (χ2v) is 3.26. The van der Waals surface area contributed by atoms with Crippen LogP contribution < -0.4 is 9.47 Å². The average molecular weight is 243 g/mol. The molecule has 6 nitrogen and oxygen atoms in total. The summed E-state index contributed by atoms with van der Waals surface area (Å²) in [5.41, 5.74) is 0.987. The van der Waals surface area contributed by atoms with Crippen LogP contribution in [0.4, 0.5) is 0 Å². The number of halogens is 1. The number of fused-ring (bicyclic) bond motifs is 1. The lowest BCUT2D eigenvalue weighted by molar-refractivity contribution is 0.313. The summed E-state index contributed by atoms with van der Waals surface area (Å²) in [6.07, 6.45) is 0. The van der Waals surface area contributed by atoms with Crippen molar-refractivity contribution in [2.75, 3.05) is 13.2 Å². The fraction of sp³-hybridized carbons (Fsp3) is 0.444. The van der Waals surface area contributed by atoms with Gasteiger partial charge in [-0.25, -0.2) is 0 Å². The molecule has 0 radical (unpaired) electrons. The largest absolute Gasteiger partial charge is 0.465 e. The van der Waals surface area contributed by atoms with E-state index in [4.69, 9.17) is 21.1 Å². The molecule has 7 heteroatoms. The van der Waals surface area contributed by atoms with E-state index in [9.17, 15) is 0 Å². The van der Waals surface area contributed by atoms with E-state index in [1.807, 2.05) is 13.8 Å². The minimum atomic E-state index is 0.217. The van der Waals surface area contributed by atoms with Crippen LogP contribution in [0.1, 0.15) is 13.8 Å². The van der Waals surface area contributed by atoms with E-state index in [0.717, 1.165) is 0 Å². The molecule has 1 N–H and O–H groups in total. The monoisotopic (exact) mass is 242 g/mol. The Labute approximate surface area is 97.0 Å². The number of hydrogen-bond acceptors (Lipinski definition) is 5. The highest BCUT2D eigenvalue weighted by atomic mass is 35.5. The molecule has 0 fully saturated rings. The van der Waals surface area contributed by atoms with Gasteiger partial charge in [-0.3, -0.25) is 0 Å². The van der Waals surface area contributed by atoms with Crippen LogP contribution in [0.5, 0.6) is 12.0 Å². The molecule has 0 aliphatic rings. The minimum absolute atomic E-state index is 0.217. The third-order valence-electron chi connectivity index (χ3n) is 1.82. The molecule has 0 bridgehead atoms. The van der Waals surface area contributed by atoms with E-state index < -0.39 is 0 Å². The third kappa shape index (κ3) is 2.01. The summed E-state index contributed by atoms with van der Waals surface area (Å²) in [7, 11) is 0. The first-order chi connectivity index (χ1) is 7.74. The topological polar surface area (TPSA) is 72.9 Å². The van der Waals surface area contributed by atoms with Gasteiger partial charge in [-0.2, -0.15) is 15.0 Å². The van der Waals surface area contributed by atoms with Crippen LogP contribution in [-0.2, 0) is 0 Å². The van der Waals surface area contributed by atoms with Crippen molar-refractivity contribution in [2.45, 2.75) is 13.8 Å². The van der Waals surface area contributed by atoms with Gasteiger partial charge in [-0.05, 0) is 13.8 Å². The second kappa shape index (κ2) is 4.52. The molecular formula is C9H11ClN4O2. The smallest absolute Gasteiger partial charge is 0.320 e. The van der Waals surface area contributed by atoms with Crippen LogP contribution in [0.3, 0.4) is 0 Å². The zero-order valence-corrected chi connectivity index (χ0v) is 9.71. The summed E-state index contributed by atoms with van der Waals surface area (Å²) in [5, 5.41) is 0.270. The molecule has 0 aromatic carbocycles. The molecule has 2 aromatic heterocycles. The molecule has 0 atom stereocenters. The number of nitrogens with one attached hydrogen (secondary N) is 1. The van der Waals surface area contributed by atoms with E-state index in [2.05, 4.69) is 19.9 Å². The van der Waals surface area contributed by atoms with Crippen molar-refractivity contribution in [3.63, 3.8) is 0 Å². The lowest BCUT2D eigenvalue weighted by Gasteiger charge is -1.99. The zero-order chi connectivity index (χ0) is 11.5. The Hall–Kier alpha value is -1.56. The van der Waals surface area contributed by atoms with E-state index >= 15 is 0 Å². The Morgan fingerprint density at radius 1 is 1.12 bits per heavy atom. The highest BCUT2D eigenvalue weighted by molar-refractivity contribution is 6.33. The molecular weight excluding hydrogens is 232 g/mol. The van der Waals surface area contributed by atoms with Crippen LogP contribution in [0.25, 0.3) is 11.2 Å². The van der Waals surface area contributed by atoms with Crippen LogP contribution >= 0.6 is 11.6 Å². The van der Waals surface area contributed by atoms with Gasteiger partial charge in [0.1, 0.15) is 5.52 Å². The van der Waals surface area contributed by atoms with Crippen molar-refractivity contribution in [2.24, 2.45) is 0 Å². The Morgan fingerprint density at radius 3 is 2.56 bits per heavy atom. The van der Waals surface area contributed by atoms with Gasteiger partial charge in [0.15, 0.2) is 10.8 Å². The van der Waals surface area contributed by atoms with Crippen molar-refractivity contribution in [3.05, 3.63) is 5.15 Å². The van der Waals surface area contributed by atoms with Crippen molar-refractivity contribution in [1.29, 1.82) is 0 Å². The van der Waals surface area contributed by atoms with E-state index in [-0.39, 0.29) is 11.2 Å². The molecule has 0 saturated carbocycles. The quantitative estimate of drug-likeness (QED) is 0.828. The normalized spacial score (nSPS) is 10.7. The number of hydrogen-bond donors (Lipinski definition) is 1. The molecule has 0 saturated heterocycles. The van der Waals surface area contributed by atoms with Crippen LogP contribution in [0, 0.1) is 0 Å². The van der Waals surface area contributed by atoms with Crippen molar-refractivity contribution in [1.82, 2.24) is 19.9 Å².